The second-order valence-electron chi connectivity index (χ2n) is 7.74. The zero-order chi connectivity index (χ0) is 29.1. The lowest BCUT2D eigenvalue weighted by molar-refractivity contribution is -0.136. The predicted molar refractivity (Wildman–Crippen MR) is 161 cm³/mol. The molecule has 3 N–H and O–H groups in total. The van der Waals surface area contributed by atoms with E-state index in [-0.39, 0.29) is 12.3 Å². The van der Waals surface area contributed by atoms with Crippen LogP contribution in [-0.4, -0.2) is 44.7 Å². The molecule has 0 bridgehead atoms. The minimum absolute atomic E-state index is 0.215. The van der Waals surface area contributed by atoms with E-state index in [4.69, 9.17) is 5.11 Å². The predicted octanol–water partition coefficient (Wildman–Crippen LogP) is 6.17. The lowest BCUT2D eigenvalue weighted by Gasteiger charge is -2.21. The number of allylic oxidation sites excluding steroid dienone is 3. The summed E-state index contributed by atoms with van der Waals surface area (Å²) >= 11 is 3.29. The van der Waals surface area contributed by atoms with E-state index < -0.39 is 16.0 Å². The molecule has 0 saturated carbocycles. The number of carbonyl (C=O) groups excluding carboxylic acids is 1. The van der Waals surface area contributed by atoms with E-state index in [1.807, 2.05) is 31.2 Å². The Morgan fingerprint density at radius 1 is 1.00 bits per heavy atom. The third-order valence-corrected chi connectivity index (χ3v) is 5.64. The number of hydrogen-bond donors (Lipinski definition) is 3. The van der Waals surface area contributed by atoms with Gasteiger partial charge in [-0.2, -0.15) is 0 Å². The fraction of sp³-hybridized carbons (Fsp3) is 0.286. The lowest BCUT2D eigenvalue weighted by atomic mass is 10.2. The molecule has 0 spiro atoms. The van der Waals surface area contributed by atoms with Crippen LogP contribution in [0.3, 0.4) is 0 Å². The molecule has 10 heteroatoms. The topological polar surface area (TPSA) is 116 Å². The van der Waals surface area contributed by atoms with Crippen molar-refractivity contribution in [3.05, 3.63) is 95.7 Å². The summed E-state index contributed by atoms with van der Waals surface area (Å²) in [6, 6.07) is 16.1. The Kier molecular flexibility index (Phi) is 17.1. The molecule has 1 amide bonds. The Balaban J connectivity index is 0.000000690. The second-order valence-corrected chi connectivity index (χ2v) is 10.7. The third kappa shape index (κ3) is 15.7. The summed E-state index contributed by atoms with van der Waals surface area (Å²) in [5.74, 6) is -1.29. The molecule has 208 valence electrons. The summed E-state index contributed by atoms with van der Waals surface area (Å²) in [6.07, 6.45) is 5.06. The van der Waals surface area contributed by atoms with Crippen LogP contribution in [0.1, 0.15) is 44.0 Å². The highest BCUT2D eigenvalue weighted by molar-refractivity contribution is 9.11. The SMILES string of the molecule is C/C(Br)=C\C/C=C(\CC(=O)O)NC(=O)c1ccccc1.C=C.CCN(CC)c1ccc(NS(C)(=O)=O)cc1. The standard InChI is InChI=1S/C15H16BrNO3.C11H18N2O2S.C2H4/c1-11(16)6-5-9-13(10-14(18)19)17-15(20)12-7-3-2-4-8-12;1-4-13(5-2)11-8-6-10(7-9-11)12-16(3,14)15;1-2/h2-4,6-9H,5,10H2,1H3,(H,17,20)(H,18,19);6-9,12H,4-5H2,1-3H3;1-2H2/b11-6+,13-9+;;. The van der Waals surface area contributed by atoms with Crippen LogP contribution in [0.2, 0.25) is 0 Å². The van der Waals surface area contributed by atoms with E-state index >= 15 is 0 Å². The number of nitrogens with zero attached hydrogens (tertiary/aromatic N) is 1. The third-order valence-electron chi connectivity index (χ3n) is 4.71. The zero-order valence-electron chi connectivity index (χ0n) is 22.4. The number of halogens is 1. The minimum atomic E-state index is -3.19. The van der Waals surface area contributed by atoms with Crippen molar-refractivity contribution in [1.29, 1.82) is 0 Å². The Morgan fingerprint density at radius 2 is 1.55 bits per heavy atom. The maximum Gasteiger partial charge on any atom is 0.309 e. The van der Waals surface area contributed by atoms with Gasteiger partial charge in [0.15, 0.2) is 0 Å². The maximum atomic E-state index is 12.0. The normalized spacial score (nSPS) is 11.2. The summed E-state index contributed by atoms with van der Waals surface area (Å²) in [6.45, 7) is 13.9. The summed E-state index contributed by atoms with van der Waals surface area (Å²) < 4.78 is 25.4. The number of carbonyl (C=O) groups is 2. The summed E-state index contributed by atoms with van der Waals surface area (Å²) in [7, 11) is -3.19. The van der Waals surface area contributed by atoms with Gasteiger partial charge in [0.05, 0.1) is 12.7 Å². The number of sulfonamides is 1. The van der Waals surface area contributed by atoms with E-state index in [9.17, 15) is 18.0 Å². The number of hydrogen-bond acceptors (Lipinski definition) is 5. The van der Waals surface area contributed by atoms with Crippen molar-refractivity contribution in [3.8, 4) is 0 Å². The number of anilines is 2. The Bertz CT molecular complexity index is 1160. The van der Waals surface area contributed by atoms with Gasteiger partial charge in [-0.15, -0.1) is 13.2 Å². The number of aliphatic carboxylic acids is 1. The minimum Gasteiger partial charge on any atom is -0.481 e. The van der Waals surface area contributed by atoms with Crippen molar-refractivity contribution in [2.45, 2.75) is 33.6 Å². The van der Waals surface area contributed by atoms with Crippen molar-refractivity contribution < 1.29 is 23.1 Å². The van der Waals surface area contributed by atoms with Crippen molar-refractivity contribution in [3.63, 3.8) is 0 Å². The Labute approximate surface area is 235 Å². The second kappa shape index (κ2) is 18.8. The van der Waals surface area contributed by atoms with E-state index in [0.29, 0.717) is 23.4 Å². The van der Waals surface area contributed by atoms with E-state index in [1.54, 1.807) is 42.5 Å². The van der Waals surface area contributed by atoms with Gasteiger partial charge < -0.3 is 15.3 Å². The van der Waals surface area contributed by atoms with Gasteiger partial charge in [-0.3, -0.25) is 14.3 Å². The highest BCUT2D eigenvalue weighted by Crippen LogP contribution is 2.18. The van der Waals surface area contributed by atoms with Gasteiger partial charge in [0.25, 0.3) is 5.91 Å². The Morgan fingerprint density at radius 3 is 2.00 bits per heavy atom. The molecule has 0 fully saturated rings. The quantitative estimate of drug-likeness (QED) is 0.263. The largest absolute Gasteiger partial charge is 0.481 e. The summed E-state index contributed by atoms with van der Waals surface area (Å²) in [5, 5.41) is 11.5. The van der Waals surface area contributed by atoms with Crippen LogP contribution >= 0.6 is 15.9 Å². The van der Waals surface area contributed by atoms with Gasteiger partial charge in [-0.05, 0) is 68.1 Å². The highest BCUT2D eigenvalue weighted by atomic mass is 79.9. The maximum absolute atomic E-state index is 12.0. The van der Waals surface area contributed by atoms with E-state index in [2.05, 4.69) is 57.9 Å². The van der Waals surface area contributed by atoms with Gasteiger partial charge >= 0.3 is 5.97 Å². The molecule has 0 atom stereocenters. The van der Waals surface area contributed by atoms with Gasteiger partial charge in [-0.1, -0.05) is 46.3 Å². The molecule has 0 unspecified atom stereocenters. The molecule has 0 aliphatic heterocycles. The number of amides is 1. The summed E-state index contributed by atoms with van der Waals surface area (Å²) in [5.41, 5.74) is 2.58. The van der Waals surface area contributed by atoms with Crippen LogP contribution in [0.15, 0.2) is 90.1 Å². The highest BCUT2D eigenvalue weighted by Gasteiger charge is 2.10. The Hall–Kier alpha value is -3.37. The van der Waals surface area contributed by atoms with Gasteiger partial charge in [0, 0.05) is 35.7 Å². The smallest absolute Gasteiger partial charge is 0.309 e. The van der Waals surface area contributed by atoms with Crippen molar-refractivity contribution in [1.82, 2.24) is 5.32 Å². The van der Waals surface area contributed by atoms with Crippen LogP contribution < -0.4 is 14.9 Å². The molecular weight excluding hydrogens is 570 g/mol. The first-order valence-electron chi connectivity index (χ1n) is 11.9. The molecule has 8 nitrogen and oxygen atoms in total. The average molecular weight is 609 g/mol. The molecule has 0 aliphatic rings. The number of rotatable bonds is 11. The van der Waals surface area contributed by atoms with E-state index in [0.717, 1.165) is 29.5 Å². The van der Waals surface area contributed by atoms with E-state index in [1.165, 1.54) is 0 Å². The molecule has 2 aromatic rings. The molecule has 0 aromatic heterocycles. The van der Waals surface area contributed by atoms with Crippen LogP contribution in [0.25, 0.3) is 0 Å². The number of carboxylic acids is 1. The van der Waals surface area contributed by atoms with Crippen molar-refractivity contribution >= 4 is 49.2 Å². The average Bonchev–Trinajstić information content (AvgIpc) is 2.86. The van der Waals surface area contributed by atoms with Crippen LogP contribution in [0.4, 0.5) is 11.4 Å². The number of carboxylic acid groups (broad SMARTS) is 1. The molecular formula is C28H38BrN3O5S. The first-order chi connectivity index (χ1) is 17.9. The fourth-order valence-corrected chi connectivity index (χ4v) is 3.80. The molecule has 0 heterocycles. The first kappa shape index (κ1) is 34.6. The van der Waals surface area contributed by atoms with Crippen molar-refractivity contribution in [2.75, 3.05) is 29.0 Å². The molecule has 0 aliphatic carbocycles. The monoisotopic (exact) mass is 607 g/mol. The summed E-state index contributed by atoms with van der Waals surface area (Å²) in [4.78, 5) is 25.0. The molecule has 2 rings (SSSR count). The first-order valence-corrected chi connectivity index (χ1v) is 14.6. The fourth-order valence-electron chi connectivity index (χ4n) is 3.04. The molecule has 2 aromatic carbocycles. The molecule has 38 heavy (non-hydrogen) atoms. The van der Waals surface area contributed by atoms with Gasteiger partial charge in [0.1, 0.15) is 0 Å². The zero-order valence-corrected chi connectivity index (χ0v) is 24.8. The van der Waals surface area contributed by atoms with Gasteiger partial charge in [0.2, 0.25) is 10.0 Å². The van der Waals surface area contributed by atoms with Crippen molar-refractivity contribution in [2.24, 2.45) is 0 Å². The molecule has 0 saturated heterocycles. The number of benzene rings is 2. The number of nitrogens with one attached hydrogen (secondary N) is 2. The lowest BCUT2D eigenvalue weighted by Crippen LogP contribution is -2.24. The van der Waals surface area contributed by atoms with Crippen LogP contribution in [0, 0.1) is 0 Å². The molecule has 0 radical (unpaired) electrons. The van der Waals surface area contributed by atoms with Crippen LogP contribution in [-0.2, 0) is 14.8 Å². The van der Waals surface area contributed by atoms with Gasteiger partial charge in [-0.25, -0.2) is 8.42 Å². The van der Waals surface area contributed by atoms with Crippen LogP contribution in [0.5, 0.6) is 0 Å².